The van der Waals surface area contributed by atoms with E-state index in [-0.39, 0.29) is 5.69 Å². The fraction of sp³-hybridized carbons (Fsp3) is 0.0769. The molecule has 0 radical (unpaired) electrons. The van der Waals surface area contributed by atoms with Crippen molar-refractivity contribution < 1.29 is 14.1 Å². The number of primary amides is 1. The molecule has 0 spiro atoms. The SMILES string of the molecule is Cc1ccc(-c2ccc(/C=N\NC(N)=O)o2)c([N+](=O)[O-])c1. The number of hydrazone groups is 1. The summed E-state index contributed by atoms with van der Waals surface area (Å²) in [6, 6.07) is 7.21. The van der Waals surface area contributed by atoms with E-state index >= 15 is 0 Å². The number of hydrogen-bond donors (Lipinski definition) is 2. The molecule has 1 aromatic carbocycles. The van der Waals surface area contributed by atoms with Gasteiger partial charge in [0.05, 0.1) is 16.7 Å². The van der Waals surface area contributed by atoms with Gasteiger partial charge in [-0.2, -0.15) is 5.10 Å². The summed E-state index contributed by atoms with van der Waals surface area (Å²) in [7, 11) is 0. The summed E-state index contributed by atoms with van der Waals surface area (Å²) < 4.78 is 5.44. The Morgan fingerprint density at radius 3 is 2.86 bits per heavy atom. The Labute approximate surface area is 119 Å². The number of nitrogens with zero attached hydrogens (tertiary/aromatic N) is 2. The van der Waals surface area contributed by atoms with Gasteiger partial charge in [-0.05, 0) is 30.7 Å². The topological polar surface area (TPSA) is 124 Å². The normalized spacial score (nSPS) is 10.7. The largest absolute Gasteiger partial charge is 0.455 e. The summed E-state index contributed by atoms with van der Waals surface area (Å²) in [6.07, 6.45) is 1.24. The Balaban J connectivity index is 2.31. The van der Waals surface area contributed by atoms with E-state index in [0.717, 1.165) is 5.56 Å². The van der Waals surface area contributed by atoms with Gasteiger partial charge in [0.1, 0.15) is 11.5 Å². The number of carbonyl (C=O) groups excluding carboxylic acids is 1. The third-order valence-corrected chi connectivity index (χ3v) is 2.61. The van der Waals surface area contributed by atoms with E-state index in [4.69, 9.17) is 10.2 Å². The van der Waals surface area contributed by atoms with Crippen molar-refractivity contribution in [1.82, 2.24) is 5.43 Å². The van der Waals surface area contributed by atoms with Crippen molar-refractivity contribution in [3.63, 3.8) is 0 Å². The average Bonchev–Trinajstić information content (AvgIpc) is 2.86. The second-order valence-corrected chi connectivity index (χ2v) is 4.21. The van der Waals surface area contributed by atoms with Crippen LogP contribution in [-0.2, 0) is 0 Å². The third kappa shape index (κ3) is 3.44. The zero-order valence-electron chi connectivity index (χ0n) is 11.1. The molecule has 1 heterocycles. The molecule has 0 atom stereocenters. The van der Waals surface area contributed by atoms with Crippen LogP contribution in [0.4, 0.5) is 10.5 Å². The van der Waals surface area contributed by atoms with Crippen molar-refractivity contribution in [2.24, 2.45) is 10.8 Å². The van der Waals surface area contributed by atoms with Crippen LogP contribution >= 0.6 is 0 Å². The first-order chi connectivity index (χ1) is 9.97. The van der Waals surface area contributed by atoms with Gasteiger partial charge in [0.15, 0.2) is 0 Å². The lowest BCUT2D eigenvalue weighted by Crippen LogP contribution is -2.24. The number of aryl methyl sites for hydroxylation is 1. The number of nitro groups is 1. The molecular formula is C13H12N4O4. The Morgan fingerprint density at radius 1 is 1.43 bits per heavy atom. The Hall–Kier alpha value is -3.16. The van der Waals surface area contributed by atoms with E-state index in [1.54, 1.807) is 31.2 Å². The molecule has 0 saturated carbocycles. The number of benzene rings is 1. The molecule has 0 unspecified atom stereocenters. The summed E-state index contributed by atoms with van der Waals surface area (Å²) in [5, 5.41) is 14.6. The van der Waals surface area contributed by atoms with Crippen LogP contribution in [0.15, 0.2) is 39.9 Å². The third-order valence-electron chi connectivity index (χ3n) is 2.61. The first-order valence-corrected chi connectivity index (χ1v) is 5.91. The van der Waals surface area contributed by atoms with Gasteiger partial charge in [-0.15, -0.1) is 0 Å². The highest BCUT2D eigenvalue weighted by molar-refractivity contribution is 5.80. The maximum Gasteiger partial charge on any atom is 0.332 e. The number of carbonyl (C=O) groups is 1. The lowest BCUT2D eigenvalue weighted by molar-refractivity contribution is -0.384. The van der Waals surface area contributed by atoms with Gasteiger partial charge in [0, 0.05) is 6.07 Å². The van der Waals surface area contributed by atoms with Crippen molar-refractivity contribution in [1.29, 1.82) is 0 Å². The highest BCUT2D eigenvalue weighted by Crippen LogP contribution is 2.31. The zero-order chi connectivity index (χ0) is 15.4. The van der Waals surface area contributed by atoms with E-state index in [2.05, 4.69) is 5.10 Å². The number of nitrogens with one attached hydrogen (secondary N) is 1. The molecular weight excluding hydrogens is 276 g/mol. The standard InChI is InChI=1S/C13H12N4O4/c1-8-2-4-10(11(6-8)17(19)20)12-5-3-9(21-12)7-15-16-13(14)18/h2-7H,1H3,(H3,14,16,18)/b15-7-. The summed E-state index contributed by atoms with van der Waals surface area (Å²) in [5.41, 5.74) is 7.98. The zero-order valence-corrected chi connectivity index (χ0v) is 11.1. The smallest absolute Gasteiger partial charge is 0.332 e. The van der Waals surface area contributed by atoms with Gasteiger partial charge < -0.3 is 10.2 Å². The summed E-state index contributed by atoms with van der Waals surface area (Å²) in [6.45, 7) is 1.77. The van der Waals surface area contributed by atoms with E-state index in [1.165, 1.54) is 12.3 Å². The Kier molecular flexibility index (Phi) is 3.98. The van der Waals surface area contributed by atoms with Crippen LogP contribution in [0.2, 0.25) is 0 Å². The van der Waals surface area contributed by atoms with E-state index in [0.29, 0.717) is 17.1 Å². The first-order valence-electron chi connectivity index (χ1n) is 5.91. The fourth-order valence-electron chi connectivity index (χ4n) is 1.73. The maximum atomic E-state index is 11.1. The number of urea groups is 1. The van der Waals surface area contributed by atoms with Crippen LogP contribution in [-0.4, -0.2) is 17.2 Å². The van der Waals surface area contributed by atoms with Gasteiger partial charge in [0.2, 0.25) is 0 Å². The predicted octanol–water partition coefficient (Wildman–Crippen LogP) is 2.17. The molecule has 0 aliphatic rings. The summed E-state index contributed by atoms with van der Waals surface area (Å²) >= 11 is 0. The molecule has 0 aliphatic heterocycles. The monoisotopic (exact) mass is 288 g/mol. The highest BCUT2D eigenvalue weighted by atomic mass is 16.6. The molecule has 0 saturated heterocycles. The molecule has 0 fully saturated rings. The molecule has 0 aliphatic carbocycles. The molecule has 2 amide bonds. The number of hydrogen-bond acceptors (Lipinski definition) is 5. The Bertz CT molecular complexity index is 721. The number of rotatable bonds is 4. The lowest BCUT2D eigenvalue weighted by Gasteiger charge is -2.00. The van der Waals surface area contributed by atoms with Crippen molar-refractivity contribution >= 4 is 17.9 Å². The number of furan rings is 1. The molecule has 3 N–H and O–H groups in total. The first kappa shape index (κ1) is 14.3. The Morgan fingerprint density at radius 2 is 2.19 bits per heavy atom. The molecule has 2 aromatic rings. The van der Waals surface area contributed by atoms with Crippen molar-refractivity contribution in [3.8, 4) is 11.3 Å². The van der Waals surface area contributed by atoms with Gasteiger partial charge in [-0.25, -0.2) is 10.2 Å². The molecule has 8 heteroatoms. The van der Waals surface area contributed by atoms with Gasteiger partial charge in [-0.1, -0.05) is 6.07 Å². The molecule has 1 aromatic heterocycles. The van der Waals surface area contributed by atoms with Crippen LogP contribution in [0.3, 0.4) is 0 Å². The van der Waals surface area contributed by atoms with Crippen molar-refractivity contribution in [3.05, 3.63) is 51.8 Å². The van der Waals surface area contributed by atoms with Crippen molar-refractivity contribution in [2.45, 2.75) is 6.92 Å². The maximum absolute atomic E-state index is 11.1. The van der Waals surface area contributed by atoms with E-state index < -0.39 is 11.0 Å². The highest BCUT2D eigenvalue weighted by Gasteiger charge is 2.17. The molecule has 8 nitrogen and oxygen atoms in total. The molecule has 2 rings (SSSR count). The number of nitro benzene ring substituents is 1. The minimum Gasteiger partial charge on any atom is -0.455 e. The summed E-state index contributed by atoms with van der Waals surface area (Å²) in [5.74, 6) is 0.663. The molecule has 108 valence electrons. The number of amides is 2. The van der Waals surface area contributed by atoms with Gasteiger partial charge in [-0.3, -0.25) is 10.1 Å². The van der Waals surface area contributed by atoms with Crippen LogP contribution in [0.25, 0.3) is 11.3 Å². The fourth-order valence-corrected chi connectivity index (χ4v) is 1.73. The van der Waals surface area contributed by atoms with Crippen LogP contribution in [0.1, 0.15) is 11.3 Å². The molecule has 0 bridgehead atoms. The van der Waals surface area contributed by atoms with Crippen LogP contribution < -0.4 is 11.2 Å². The van der Waals surface area contributed by atoms with Gasteiger partial charge >= 0.3 is 6.03 Å². The molecule has 21 heavy (non-hydrogen) atoms. The van der Waals surface area contributed by atoms with Crippen molar-refractivity contribution in [2.75, 3.05) is 0 Å². The minimum absolute atomic E-state index is 0.0388. The quantitative estimate of drug-likeness (QED) is 0.508. The van der Waals surface area contributed by atoms with Crippen LogP contribution in [0.5, 0.6) is 0 Å². The van der Waals surface area contributed by atoms with E-state index in [1.807, 2.05) is 5.43 Å². The number of nitrogens with two attached hydrogens (primary N) is 1. The summed E-state index contributed by atoms with van der Waals surface area (Å²) in [4.78, 5) is 21.1. The lowest BCUT2D eigenvalue weighted by atomic mass is 10.1. The van der Waals surface area contributed by atoms with E-state index in [9.17, 15) is 14.9 Å². The average molecular weight is 288 g/mol. The minimum atomic E-state index is -0.799. The predicted molar refractivity (Wildman–Crippen MR) is 75.8 cm³/mol. The van der Waals surface area contributed by atoms with Crippen LogP contribution in [0, 0.1) is 17.0 Å². The second kappa shape index (κ2) is 5.87. The van der Waals surface area contributed by atoms with Gasteiger partial charge in [0.25, 0.3) is 5.69 Å². The second-order valence-electron chi connectivity index (χ2n) is 4.21.